The fourth-order valence-corrected chi connectivity index (χ4v) is 3.87. The summed E-state index contributed by atoms with van der Waals surface area (Å²) in [5.41, 5.74) is 0.470. The average Bonchev–Trinajstić information content (AvgIpc) is 2.99. The first-order valence-electron chi connectivity index (χ1n) is 8.00. The zero-order chi connectivity index (χ0) is 16.9. The lowest BCUT2D eigenvalue weighted by atomic mass is 10.1. The molecule has 0 saturated carbocycles. The van der Waals surface area contributed by atoms with Gasteiger partial charge in [0.2, 0.25) is 10.0 Å². The predicted molar refractivity (Wildman–Crippen MR) is 97.1 cm³/mol. The second-order valence-corrected chi connectivity index (χ2v) is 7.92. The van der Waals surface area contributed by atoms with Crippen molar-refractivity contribution < 1.29 is 13.2 Å². The summed E-state index contributed by atoms with van der Waals surface area (Å²) in [6.45, 7) is 6.24. The lowest BCUT2D eigenvalue weighted by molar-refractivity contribution is 0.0951. The summed E-state index contributed by atoms with van der Waals surface area (Å²) < 4.78 is 26.6. The fraction of sp³-hybridized carbons (Fsp3) is 0.562. The van der Waals surface area contributed by atoms with E-state index in [9.17, 15) is 13.2 Å². The van der Waals surface area contributed by atoms with E-state index in [-0.39, 0.29) is 29.3 Å². The maximum atomic E-state index is 12.1. The summed E-state index contributed by atoms with van der Waals surface area (Å²) in [4.78, 5) is 12.2. The number of carbonyl (C=O) groups is 1. The molecule has 1 fully saturated rings. The Morgan fingerprint density at radius 2 is 1.96 bits per heavy atom. The highest BCUT2D eigenvalue weighted by Crippen LogP contribution is 2.13. The quantitative estimate of drug-likeness (QED) is 0.674. The minimum atomic E-state index is -3.52. The third-order valence-electron chi connectivity index (χ3n) is 3.82. The van der Waals surface area contributed by atoms with E-state index in [4.69, 9.17) is 0 Å². The second kappa shape index (κ2) is 9.36. The number of amides is 1. The van der Waals surface area contributed by atoms with Crippen molar-refractivity contribution in [1.29, 1.82) is 0 Å². The Labute approximate surface area is 150 Å². The summed E-state index contributed by atoms with van der Waals surface area (Å²) >= 11 is 0. The van der Waals surface area contributed by atoms with Crippen LogP contribution in [0.2, 0.25) is 0 Å². The molecule has 1 heterocycles. The number of hydrogen-bond acceptors (Lipinski definition) is 4. The van der Waals surface area contributed by atoms with Crippen molar-refractivity contribution >= 4 is 28.3 Å². The number of hydrogen-bond donors (Lipinski definition) is 3. The zero-order valence-electron chi connectivity index (χ0n) is 14.0. The molecule has 136 valence electrons. The highest BCUT2D eigenvalue weighted by Gasteiger charge is 2.17. The molecule has 24 heavy (non-hydrogen) atoms. The van der Waals surface area contributed by atoms with Crippen LogP contribution >= 0.6 is 12.4 Å². The summed E-state index contributed by atoms with van der Waals surface area (Å²) in [7, 11) is -3.52. The van der Waals surface area contributed by atoms with Crippen LogP contribution in [0.1, 0.15) is 37.0 Å². The van der Waals surface area contributed by atoms with Gasteiger partial charge in [0.1, 0.15) is 0 Å². The Morgan fingerprint density at radius 1 is 1.29 bits per heavy atom. The maximum absolute atomic E-state index is 12.1. The molecule has 1 aromatic rings. The standard InChI is InChI=1S/C16H25N3O3S.ClH/c1-12(2)19-23(21,22)15-5-3-14(4-6-15)16(20)18-10-8-13-7-9-17-11-13;/h3-6,12-13,17,19H,7-11H2,1-2H3,(H,18,20);1H. The largest absolute Gasteiger partial charge is 0.352 e. The molecule has 1 saturated heterocycles. The number of nitrogens with one attached hydrogen (secondary N) is 3. The van der Waals surface area contributed by atoms with Crippen LogP contribution < -0.4 is 15.4 Å². The van der Waals surface area contributed by atoms with E-state index in [1.54, 1.807) is 26.0 Å². The van der Waals surface area contributed by atoms with Crippen LogP contribution in [0.4, 0.5) is 0 Å². The van der Waals surface area contributed by atoms with Gasteiger partial charge in [0, 0.05) is 18.2 Å². The van der Waals surface area contributed by atoms with Gasteiger partial charge in [0.25, 0.3) is 5.91 Å². The zero-order valence-corrected chi connectivity index (χ0v) is 15.7. The van der Waals surface area contributed by atoms with Crippen LogP contribution in [0.15, 0.2) is 29.2 Å². The molecule has 0 bridgehead atoms. The number of halogens is 1. The molecule has 1 aliphatic rings. The van der Waals surface area contributed by atoms with Gasteiger partial charge in [0.05, 0.1) is 4.90 Å². The van der Waals surface area contributed by atoms with E-state index in [0.717, 1.165) is 25.9 Å². The van der Waals surface area contributed by atoms with E-state index in [1.165, 1.54) is 12.1 Å². The molecule has 3 N–H and O–H groups in total. The highest BCUT2D eigenvalue weighted by atomic mass is 35.5. The third-order valence-corrected chi connectivity index (χ3v) is 5.49. The van der Waals surface area contributed by atoms with Crippen molar-refractivity contribution in [1.82, 2.24) is 15.4 Å². The molecule has 1 amide bonds. The van der Waals surface area contributed by atoms with Crippen LogP contribution in [0.5, 0.6) is 0 Å². The lowest BCUT2D eigenvalue weighted by Gasteiger charge is -2.11. The number of carbonyl (C=O) groups excluding carboxylic acids is 1. The fourth-order valence-electron chi connectivity index (χ4n) is 2.62. The predicted octanol–water partition coefficient (Wildman–Crippen LogP) is 1.52. The van der Waals surface area contributed by atoms with Crippen LogP contribution in [-0.2, 0) is 10.0 Å². The van der Waals surface area contributed by atoms with Gasteiger partial charge in [0.15, 0.2) is 0 Å². The molecule has 0 aromatic heterocycles. The first-order valence-corrected chi connectivity index (χ1v) is 9.48. The minimum Gasteiger partial charge on any atom is -0.352 e. The molecule has 0 aliphatic carbocycles. The van der Waals surface area contributed by atoms with Gasteiger partial charge in [-0.15, -0.1) is 12.4 Å². The van der Waals surface area contributed by atoms with E-state index in [1.807, 2.05) is 0 Å². The maximum Gasteiger partial charge on any atom is 0.251 e. The molecule has 6 nitrogen and oxygen atoms in total. The van der Waals surface area contributed by atoms with Crippen molar-refractivity contribution in [2.75, 3.05) is 19.6 Å². The Bertz CT molecular complexity index is 626. The Balaban J connectivity index is 0.00000288. The molecular formula is C16H26ClN3O3S. The van der Waals surface area contributed by atoms with Gasteiger partial charge in [-0.1, -0.05) is 0 Å². The van der Waals surface area contributed by atoms with Crippen molar-refractivity contribution in [3.63, 3.8) is 0 Å². The van der Waals surface area contributed by atoms with Crippen LogP contribution in [0, 0.1) is 5.92 Å². The van der Waals surface area contributed by atoms with E-state index >= 15 is 0 Å². The normalized spacial score (nSPS) is 17.5. The molecule has 0 radical (unpaired) electrons. The molecule has 1 atom stereocenters. The summed E-state index contributed by atoms with van der Waals surface area (Å²) in [5.74, 6) is 0.460. The molecule has 1 unspecified atom stereocenters. The van der Waals surface area contributed by atoms with Gasteiger partial charge in [-0.2, -0.15) is 0 Å². The number of rotatable bonds is 7. The molecular weight excluding hydrogens is 350 g/mol. The molecule has 8 heteroatoms. The highest BCUT2D eigenvalue weighted by molar-refractivity contribution is 7.89. The minimum absolute atomic E-state index is 0. The smallest absolute Gasteiger partial charge is 0.251 e. The van der Waals surface area contributed by atoms with Crippen LogP contribution in [0.3, 0.4) is 0 Å². The van der Waals surface area contributed by atoms with Gasteiger partial charge in [-0.05, 0) is 70.0 Å². The molecule has 1 aromatic carbocycles. The molecule has 2 rings (SSSR count). The van der Waals surface area contributed by atoms with Gasteiger partial charge in [-0.25, -0.2) is 13.1 Å². The van der Waals surface area contributed by atoms with Crippen molar-refractivity contribution in [2.45, 2.75) is 37.6 Å². The lowest BCUT2D eigenvalue weighted by Crippen LogP contribution is -2.30. The Hall–Kier alpha value is -1.15. The first kappa shape index (κ1) is 20.9. The van der Waals surface area contributed by atoms with Gasteiger partial charge >= 0.3 is 0 Å². The summed E-state index contributed by atoms with van der Waals surface area (Å²) in [5, 5.41) is 6.18. The van der Waals surface area contributed by atoms with Crippen molar-refractivity contribution in [2.24, 2.45) is 5.92 Å². The van der Waals surface area contributed by atoms with Gasteiger partial charge < -0.3 is 10.6 Å². The van der Waals surface area contributed by atoms with E-state index in [2.05, 4.69) is 15.4 Å². The second-order valence-electron chi connectivity index (χ2n) is 6.20. The first-order chi connectivity index (χ1) is 10.9. The van der Waals surface area contributed by atoms with Crippen molar-refractivity contribution in [3.05, 3.63) is 29.8 Å². The third kappa shape index (κ3) is 6.05. The molecule has 0 spiro atoms. The van der Waals surface area contributed by atoms with Gasteiger partial charge in [-0.3, -0.25) is 4.79 Å². The monoisotopic (exact) mass is 375 g/mol. The van der Waals surface area contributed by atoms with Crippen molar-refractivity contribution in [3.8, 4) is 0 Å². The van der Waals surface area contributed by atoms with E-state index in [0.29, 0.717) is 18.0 Å². The summed E-state index contributed by atoms with van der Waals surface area (Å²) in [6.07, 6.45) is 2.12. The average molecular weight is 376 g/mol. The number of benzene rings is 1. The van der Waals surface area contributed by atoms with E-state index < -0.39 is 10.0 Å². The SMILES string of the molecule is CC(C)NS(=O)(=O)c1ccc(C(=O)NCCC2CCNC2)cc1.Cl. The Morgan fingerprint density at radius 3 is 2.50 bits per heavy atom. The topological polar surface area (TPSA) is 87.3 Å². The van der Waals surface area contributed by atoms with Crippen LogP contribution in [0.25, 0.3) is 0 Å². The van der Waals surface area contributed by atoms with Crippen LogP contribution in [-0.4, -0.2) is 40.0 Å². The summed E-state index contributed by atoms with van der Waals surface area (Å²) in [6, 6.07) is 5.83. The number of sulfonamides is 1. The molecule has 1 aliphatic heterocycles. The Kier molecular flexibility index (Phi) is 8.15.